The topological polar surface area (TPSA) is 61.6 Å². The number of rotatable bonds is 7. The lowest BCUT2D eigenvalue weighted by Gasteiger charge is -2.33. The SMILES string of the molecule is CN1CCN(c2ccc(CNC(=O)c3oc4ccccc4c3CSc3cccs3)cn2)CC1. The van der Waals surface area contributed by atoms with Gasteiger partial charge in [-0.15, -0.1) is 23.1 Å². The van der Waals surface area contributed by atoms with Crippen LogP contribution in [0, 0.1) is 0 Å². The lowest BCUT2D eigenvalue weighted by Crippen LogP contribution is -2.44. The van der Waals surface area contributed by atoms with E-state index >= 15 is 0 Å². The summed E-state index contributed by atoms with van der Waals surface area (Å²) in [4.78, 5) is 22.3. The minimum Gasteiger partial charge on any atom is -0.451 e. The van der Waals surface area contributed by atoms with E-state index in [1.165, 1.54) is 4.21 Å². The Hall–Kier alpha value is -2.81. The fraction of sp³-hybridized carbons (Fsp3) is 0.280. The number of nitrogens with one attached hydrogen (secondary N) is 1. The smallest absolute Gasteiger partial charge is 0.287 e. The number of piperazine rings is 1. The van der Waals surface area contributed by atoms with E-state index in [4.69, 9.17) is 4.42 Å². The molecule has 0 atom stereocenters. The quantitative estimate of drug-likeness (QED) is 0.383. The fourth-order valence-electron chi connectivity index (χ4n) is 3.92. The lowest BCUT2D eigenvalue weighted by molar-refractivity contribution is 0.0924. The molecule has 33 heavy (non-hydrogen) atoms. The molecular formula is C25H26N4O2S2. The van der Waals surface area contributed by atoms with Gasteiger partial charge in [-0.3, -0.25) is 4.79 Å². The Morgan fingerprint density at radius 2 is 1.97 bits per heavy atom. The molecule has 1 fully saturated rings. The van der Waals surface area contributed by atoms with E-state index < -0.39 is 0 Å². The molecule has 6 nitrogen and oxygen atoms in total. The molecule has 4 heterocycles. The maximum atomic E-state index is 13.1. The van der Waals surface area contributed by atoms with E-state index in [2.05, 4.69) is 38.6 Å². The van der Waals surface area contributed by atoms with Crippen LogP contribution in [0.2, 0.25) is 0 Å². The Kier molecular flexibility index (Phi) is 6.66. The maximum Gasteiger partial charge on any atom is 0.287 e. The summed E-state index contributed by atoms with van der Waals surface area (Å²) in [5.41, 5.74) is 2.64. The number of likely N-dealkylation sites (N-methyl/N-ethyl adjacent to an activating group) is 1. The second kappa shape index (κ2) is 9.99. The van der Waals surface area contributed by atoms with Gasteiger partial charge >= 0.3 is 0 Å². The number of carbonyl (C=O) groups is 1. The number of para-hydroxylation sites is 1. The number of amides is 1. The molecule has 0 radical (unpaired) electrons. The summed E-state index contributed by atoms with van der Waals surface area (Å²) in [6.07, 6.45) is 1.85. The molecule has 0 unspecified atom stereocenters. The Morgan fingerprint density at radius 1 is 1.12 bits per heavy atom. The van der Waals surface area contributed by atoms with Crippen molar-refractivity contribution in [3.05, 3.63) is 77.0 Å². The van der Waals surface area contributed by atoms with Crippen LogP contribution in [0.3, 0.4) is 0 Å². The van der Waals surface area contributed by atoms with Crippen molar-refractivity contribution in [2.75, 3.05) is 38.1 Å². The maximum absolute atomic E-state index is 13.1. The molecule has 3 aromatic heterocycles. The number of hydrogen-bond acceptors (Lipinski definition) is 7. The Bertz CT molecular complexity index is 1210. The van der Waals surface area contributed by atoms with Crippen molar-refractivity contribution in [3.8, 4) is 0 Å². The Labute approximate surface area is 201 Å². The third-order valence-electron chi connectivity index (χ3n) is 5.85. The summed E-state index contributed by atoms with van der Waals surface area (Å²) in [7, 11) is 2.14. The zero-order valence-corrected chi connectivity index (χ0v) is 20.1. The molecule has 8 heteroatoms. The molecule has 1 aliphatic rings. The van der Waals surface area contributed by atoms with Crippen LogP contribution in [0.25, 0.3) is 11.0 Å². The number of thioether (sulfide) groups is 1. The minimum atomic E-state index is -0.198. The van der Waals surface area contributed by atoms with Crippen molar-refractivity contribution in [2.45, 2.75) is 16.5 Å². The molecule has 0 saturated carbocycles. The van der Waals surface area contributed by atoms with E-state index in [-0.39, 0.29) is 5.91 Å². The van der Waals surface area contributed by atoms with Crippen molar-refractivity contribution in [1.29, 1.82) is 0 Å². The molecule has 5 rings (SSSR count). The third-order valence-corrected chi connectivity index (χ3v) is 8.01. The second-order valence-corrected chi connectivity index (χ2v) is 10.3. The first-order valence-corrected chi connectivity index (χ1v) is 12.9. The number of pyridine rings is 1. The highest BCUT2D eigenvalue weighted by Gasteiger charge is 2.21. The van der Waals surface area contributed by atoms with Crippen molar-refractivity contribution >= 4 is 45.8 Å². The number of anilines is 1. The van der Waals surface area contributed by atoms with Crippen molar-refractivity contribution in [1.82, 2.24) is 15.2 Å². The van der Waals surface area contributed by atoms with Crippen LogP contribution in [0.15, 0.2) is 68.7 Å². The Balaban J connectivity index is 1.26. The van der Waals surface area contributed by atoms with Gasteiger partial charge in [-0.1, -0.05) is 30.3 Å². The van der Waals surface area contributed by atoms with Gasteiger partial charge in [0.2, 0.25) is 0 Å². The van der Waals surface area contributed by atoms with Crippen molar-refractivity contribution in [3.63, 3.8) is 0 Å². The zero-order valence-electron chi connectivity index (χ0n) is 18.5. The van der Waals surface area contributed by atoms with Gasteiger partial charge in [0.15, 0.2) is 5.76 Å². The van der Waals surface area contributed by atoms with Crippen LogP contribution in [0.5, 0.6) is 0 Å². The number of aromatic nitrogens is 1. The van der Waals surface area contributed by atoms with Crippen LogP contribution in [-0.4, -0.2) is 49.0 Å². The first-order chi connectivity index (χ1) is 16.2. The zero-order chi connectivity index (χ0) is 22.6. The third kappa shape index (κ3) is 5.08. The fourth-order valence-corrected chi connectivity index (χ4v) is 5.73. The minimum absolute atomic E-state index is 0.198. The Morgan fingerprint density at radius 3 is 2.73 bits per heavy atom. The summed E-state index contributed by atoms with van der Waals surface area (Å²) < 4.78 is 7.20. The van der Waals surface area contributed by atoms with Gasteiger partial charge < -0.3 is 19.5 Å². The summed E-state index contributed by atoms with van der Waals surface area (Å²) in [6.45, 7) is 4.47. The number of fused-ring (bicyclic) bond motifs is 1. The van der Waals surface area contributed by atoms with Gasteiger partial charge in [-0.05, 0) is 36.2 Å². The highest BCUT2D eigenvalue weighted by atomic mass is 32.2. The van der Waals surface area contributed by atoms with Crippen LogP contribution in [0.1, 0.15) is 21.7 Å². The molecular weight excluding hydrogens is 452 g/mol. The van der Waals surface area contributed by atoms with Crippen LogP contribution < -0.4 is 10.2 Å². The molecule has 1 N–H and O–H groups in total. The van der Waals surface area contributed by atoms with E-state index in [1.54, 1.807) is 23.1 Å². The molecule has 0 spiro atoms. The van der Waals surface area contributed by atoms with E-state index in [1.807, 2.05) is 48.7 Å². The molecule has 1 saturated heterocycles. The molecule has 0 bridgehead atoms. The second-order valence-electron chi connectivity index (χ2n) is 8.12. The summed E-state index contributed by atoms with van der Waals surface area (Å²) >= 11 is 3.42. The van der Waals surface area contributed by atoms with Crippen LogP contribution >= 0.6 is 23.1 Å². The lowest BCUT2D eigenvalue weighted by atomic mass is 10.1. The molecule has 1 aromatic carbocycles. The van der Waals surface area contributed by atoms with E-state index in [0.717, 1.165) is 54.1 Å². The van der Waals surface area contributed by atoms with Gasteiger partial charge in [-0.2, -0.15) is 0 Å². The van der Waals surface area contributed by atoms with Crippen molar-refractivity contribution < 1.29 is 9.21 Å². The number of hydrogen-bond donors (Lipinski definition) is 1. The number of benzene rings is 1. The normalized spacial score (nSPS) is 14.6. The predicted molar refractivity (Wildman–Crippen MR) is 135 cm³/mol. The number of thiophene rings is 1. The summed E-state index contributed by atoms with van der Waals surface area (Å²) in [6, 6.07) is 16.0. The van der Waals surface area contributed by atoms with Gasteiger partial charge in [-0.25, -0.2) is 4.98 Å². The molecule has 170 valence electrons. The monoisotopic (exact) mass is 478 g/mol. The first kappa shape index (κ1) is 22.0. The largest absolute Gasteiger partial charge is 0.451 e. The molecule has 1 aliphatic heterocycles. The molecule has 1 amide bonds. The number of carbonyl (C=O) groups excluding carboxylic acids is 1. The summed E-state index contributed by atoms with van der Waals surface area (Å²) in [5, 5.41) is 6.07. The highest BCUT2D eigenvalue weighted by Crippen LogP contribution is 2.33. The standard InChI is InChI=1S/C25H26N4O2S2/c1-28-10-12-29(13-11-28)22-9-8-18(15-26-22)16-27-25(30)24-20(17-33-23-7-4-14-32-23)19-5-2-3-6-21(19)31-24/h2-9,14-15H,10-13,16-17H2,1H3,(H,27,30). The van der Waals surface area contributed by atoms with Gasteiger partial charge in [0.1, 0.15) is 11.4 Å². The first-order valence-electron chi connectivity index (χ1n) is 11.0. The van der Waals surface area contributed by atoms with Gasteiger partial charge in [0.05, 0.1) is 4.21 Å². The average molecular weight is 479 g/mol. The number of nitrogens with zero attached hydrogens (tertiary/aromatic N) is 3. The van der Waals surface area contributed by atoms with Crippen molar-refractivity contribution in [2.24, 2.45) is 0 Å². The highest BCUT2D eigenvalue weighted by molar-refractivity contribution is 8.00. The van der Waals surface area contributed by atoms with Crippen LogP contribution in [-0.2, 0) is 12.3 Å². The molecule has 0 aliphatic carbocycles. The van der Waals surface area contributed by atoms with E-state index in [9.17, 15) is 4.79 Å². The van der Waals surface area contributed by atoms with Gasteiger partial charge in [0, 0.05) is 55.6 Å². The van der Waals surface area contributed by atoms with E-state index in [0.29, 0.717) is 18.1 Å². The molecule has 4 aromatic rings. The summed E-state index contributed by atoms with van der Waals surface area (Å²) in [5.74, 6) is 1.86. The van der Waals surface area contributed by atoms with Gasteiger partial charge in [0.25, 0.3) is 5.91 Å². The number of furan rings is 1. The average Bonchev–Trinajstić information content (AvgIpc) is 3.50. The predicted octanol–water partition coefficient (Wildman–Crippen LogP) is 4.86. The van der Waals surface area contributed by atoms with Crippen LogP contribution in [0.4, 0.5) is 5.82 Å².